The number of hydrogen-bond acceptors (Lipinski definition) is 3. The summed E-state index contributed by atoms with van der Waals surface area (Å²) in [7, 11) is 0. The molecule has 1 aromatic rings. The molecule has 0 atom stereocenters. The van der Waals surface area contributed by atoms with Gasteiger partial charge < -0.3 is 9.47 Å². The Bertz CT molecular complexity index is 421. The Labute approximate surface area is 114 Å². The highest BCUT2D eigenvalue weighted by molar-refractivity contribution is 9.10. The SMILES string of the molecule is CCCOc1cc(CC(=O)OCC)c(Br)cc1F. The van der Waals surface area contributed by atoms with Crippen LogP contribution in [0.3, 0.4) is 0 Å². The van der Waals surface area contributed by atoms with E-state index >= 15 is 0 Å². The first kappa shape index (κ1) is 15.0. The molecule has 1 aromatic carbocycles. The minimum absolute atomic E-state index is 0.0944. The lowest BCUT2D eigenvalue weighted by Gasteiger charge is -2.10. The predicted molar refractivity (Wildman–Crippen MR) is 70.2 cm³/mol. The van der Waals surface area contributed by atoms with E-state index in [0.717, 1.165) is 6.42 Å². The first-order valence-corrected chi connectivity index (χ1v) is 6.64. The van der Waals surface area contributed by atoms with Crippen molar-refractivity contribution in [1.82, 2.24) is 0 Å². The fraction of sp³-hybridized carbons (Fsp3) is 0.462. The Kier molecular flexibility index (Phi) is 6.12. The Hall–Kier alpha value is -1.10. The van der Waals surface area contributed by atoms with Crippen LogP contribution in [0.1, 0.15) is 25.8 Å². The van der Waals surface area contributed by atoms with Crippen LogP contribution in [-0.2, 0) is 16.0 Å². The summed E-state index contributed by atoms with van der Waals surface area (Å²) in [6, 6.07) is 2.84. The molecular formula is C13H16BrFO3. The van der Waals surface area contributed by atoms with Gasteiger partial charge in [0.2, 0.25) is 0 Å². The summed E-state index contributed by atoms with van der Waals surface area (Å²) in [4.78, 5) is 11.4. The van der Waals surface area contributed by atoms with Crippen LogP contribution in [0.4, 0.5) is 4.39 Å². The zero-order valence-corrected chi connectivity index (χ0v) is 12.0. The summed E-state index contributed by atoms with van der Waals surface area (Å²) < 4.78 is 24.2. The van der Waals surface area contributed by atoms with Crippen molar-refractivity contribution in [3.05, 3.63) is 28.0 Å². The summed E-state index contributed by atoms with van der Waals surface area (Å²) in [6.07, 6.45) is 0.889. The second-order valence-corrected chi connectivity index (χ2v) is 4.56. The molecule has 0 radical (unpaired) electrons. The lowest BCUT2D eigenvalue weighted by atomic mass is 10.1. The molecule has 100 valence electrons. The van der Waals surface area contributed by atoms with E-state index in [1.54, 1.807) is 6.92 Å². The summed E-state index contributed by atoms with van der Waals surface area (Å²) in [5.41, 5.74) is 0.654. The van der Waals surface area contributed by atoms with Crippen LogP contribution >= 0.6 is 15.9 Å². The fourth-order valence-electron chi connectivity index (χ4n) is 1.40. The Balaban J connectivity index is 2.86. The van der Waals surface area contributed by atoms with Crippen LogP contribution < -0.4 is 4.74 Å². The minimum atomic E-state index is -0.442. The molecule has 0 N–H and O–H groups in total. The van der Waals surface area contributed by atoms with E-state index in [9.17, 15) is 9.18 Å². The van der Waals surface area contributed by atoms with Gasteiger partial charge in [0.15, 0.2) is 11.6 Å². The molecule has 0 saturated carbocycles. The standard InChI is InChI=1S/C13H16BrFO3/c1-3-5-18-12-6-9(7-13(16)17-4-2)10(14)8-11(12)15/h6,8H,3-5,7H2,1-2H3. The fourth-order valence-corrected chi connectivity index (χ4v) is 1.85. The highest BCUT2D eigenvalue weighted by Crippen LogP contribution is 2.27. The second kappa shape index (κ2) is 7.36. The molecule has 0 unspecified atom stereocenters. The van der Waals surface area contributed by atoms with E-state index in [0.29, 0.717) is 23.2 Å². The van der Waals surface area contributed by atoms with Crippen LogP contribution in [0.5, 0.6) is 5.75 Å². The third kappa shape index (κ3) is 4.29. The molecule has 0 saturated heterocycles. The van der Waals surface area contributed by atoms with Crippen molar-refractivity contribution in [3.8, 4) is 5.75 Å². The van der Waals surface area contributed by atoms with E-state index in [1.807, 2.05) is 6.92 Å². The van der Waals surface area contributed by atoms with E-state index in [4.69, 9.17) is 9.47 Å². The third-order valence-corrected chi connectivity index (χ3v) is 2.94. The Morgan fingerprint density at radius 1 is 1.39 bits per heavy atom. The highest BCUT2D eigenvalue weighted by Gasteiger charge is 2.13. The molecule has 0 aliphatic heterocycles. The first-order valence-electron chi connectivity index (χ1n) is 5.84. The molecule has 0 fully saturated rings. The second-order valence-electron chi connectivity index (χ2n) is 3.70. The van der Waals surface area contributed by atoms with Gasteiger partial charge in [0.25, 0.3) is 0 Å². The van der Waals surface area contributed by atoms with Gasteiger partial charge in [-0.25, -0.2) is 4.39 Å². The molecule has 0 aromatic heterocycles. The lowest BCUT2D eigenvalue weighted by Crippen LogP contribution is -2.08. The number of benzene rings is 1. The summed E-state index contributed by atoms with van der Waals surface area (Å²) in [5.74, 6) is -0.617. The topological polar surface area (TPSA) is 35.5 Å². The molecular weight excluding hydrogens is 303 g/mol. The van der Waals surface area contributed by atoms with Gasteiger partial charge >= 0.3 is 5.97 Å². The van der Waals surface area contributed by atoms with Crippen LogP contribution in [-0.4, -0.2) is 19.2 Å². The maximum Gasteiger partial charge on any atom is 0.310 e. The molecule has 0 heterocycles. The van der Waals surface area contributed by atoms with Gasteiger partial charge in [-0.2, -0.15) is 0 Å². The summed E-state index contributed by atoms with van der Waals surface area (Å²) in [6.45, 7) is 4.46. The van der Waals surface area contributed by atoms with Crippen LogP contribution in [0, 0.1) is 5.82 Å². The average Bonchev–Trinajstić information content (AvgIpc) is 2.31. The van der Waals surface area contributed by atoms with Crippen molar-refractivity contribution in [1.29, 1.82) is 0 Å². The van der Waals surface area contributed by atoms with Gasteiger partial charge in [0, 0.05) is 4.47 Å². The monoisotopic (exact) mass is 318 g/mol. The number of rotatable bonds is 6. The van der Waals surface area contributed by atoms with Crippen molar-refractivity contribution in [2.24, 2.45) is 0 Å². The quantitative estimate of drug-likeness (QED) is 0.753. The smallest absolute Gasteiger partial charge is 0.310 e. The van der Waals surface area contributed by atoms with E-state index in [2.05, 4.69) is 15.9 Å². The van der Waals surface area contributed by atoms with E-state index in [1.165, 1.54) is 12.1 Å². The largest absolute Gasteiger partial charge is 0.491 e. The van der Waals surface area contributed by atoms with Gasteiger partial charge in [-0.3, -0.25) is 4.79 Å². The number of carbonyl (C=O) groups is 1. The molecule has 0 bridgehead atoms. The maximum atomic E-state index is 13.6. The number of esters is 1. The lowest BCUT2D eigenvalue weighted by molar-refractivity contribution is -0.142. The Morgan fingerprint density at radius 2 is 2.11 bits per heavy atom. The van der Waals surface area contributed by atoms with Crippen molar-refractivity contribution < 1.29 is 18.7 Å². The zero-order chi connectivity index (χ0) is 13.5. The van der Waals surface area contributed by atoms with Gasteiger partial charge in [-0.1, -0.05) is 22.9 Å². The molecule has 0 aliphatic rings. The molecule has 18 heavy (non-hydrogen) atoms. The number of carbonyl (C=O) groups excluding carboxylic acids is 1. The van der Waals surface area contributed by atoms with E-state index < -0.39 is 5.82 Å². The van der Waals surface area contributed by atoms with Gasteiger partial charge in [-0.15, -0.1) is 0 Å². The van der Waals surface area contributed by atoms with Crippen LogP contribution in [0.15, 0.2) is 16.6 Å². The molecule has 3 nitrogen and oxygen atoms in total. The predicted octanol–water partition coefficient (Wildman–Crippen LogP) is 3.48. The zero-order valence-electron chi connectivity index (χ0n) is 10.5. The van der Waals surface area contributed by atoms with Crippen LogP contribution in [0.2, 0.25) is 0 Å². The molecule has 0 aliphatic carbocycles. The van der Waals surface area contributed by atoms with Gasteiger partial charge in [0.1, 0.15) is 0 Å². The molecule has 0 amide bonds. The molecule has 1 rings (SSSR count). The third-order valence-electron chi connectivity index (χ3n) is 2.20. The highest BCUT2D eigenvalue weighted by atomic mass is 79.9. The van der Waals surface area contributed by atoms with E-state index in [-0.39, 0.29) is 18.1 Å². The average molecular weight is 319 g/mol. The van der Waals surface area contributed by atoms with Gasteiger partial charge in [-0.05, 0) is 31.0 Å². The minimum Gasteiger partial charge on any atom is -0.491 e. The first-order chi connectivity index (χ1) is 8.58. The van der Waals surface area contributed by atoms with Gasteiger partial charge in [0.05, 0.1) is 19.6 Å². The van der Waals surface area contributed by atoms with Crippen molar-refractivity contribution in [2.45, 2.75) is 26.7 Å². The Morgan fingerprint density at radius 3 is 2.72 bits per heavy atom. The number of halogens is 2. The summed E-state index contributed by atoms with van der Waals surface area (Å²) in [5, 5.41) is 0. The molecule has 5 heteroatoms. The van der Waals surface area contributed by atoms with Crippen molar-refractivity contribution >= 4 is 21.9 Å². The normalized spacial score (nSPS) is 10.2. The molecule has 0 spiro atoms. The number of hydrogen-bond donors (Lipinski definition) is 0. The summed E-state index contributed by atoms with van der Waals surface area (Å²) >= 11 is 3.23. The maximum absolute atomic E-state index is 13.6. The van der Waals surface area contributed by atoms with Crippen molar-refractivity contribution in [2.75, 3.05) is 13.2 Å². The number of ether oxygens (including phenoxy) is 2. The van der Waals surface area contributed by atoms with Crippen molar-refractivity contribution in [3.63, 3.8) is 0 Å². The van der Waals surface area contributed by atoms with Crippen LogP contribution in [0.25, 0.3) is 0 Å².